The van der Waals surface area contributed by atoms with E-state index >= 15 is 0 Å². The zero-order chi connectivity index (χ0) is 19.3. The molecule has 4 heteroatoms. The first-order valence-corrected chi connectivity index (χ1v) is 11.6. The lowest BCUT2D eigenvalue weighted by Gasteiger charge is -2.49. The van der Waals surface area contributed by atoms with E-state index in [2.05, 4.69) is 16.3 Å². The van der Waals surface area contributed by atoms with Gasteiger partial charge in [-0.15, -0.1) is 0 Å². The summed E-state index contributed by atoms with van der Waals surface area (Å²) in [6, 6.07) is 9.45. The Morgan fingerprint density at radius 3 is 2.50 bits per heavy atom. The highest BCUT2D eigenvalue weighted by molar-refractivity contribution is 5.92. The van der Waals surface area contributed by atoms with Crippen molar-refractivity contribution in [3.8, 4) is 0 Å². The van der Waals surface area contributed by atoms with Gasteiger partial charge in [-0.05, 0) is 74.6 Å². The number of carbonyl (C=O) groups excluding carboxylic acids is 1. The number of carbonyl (C=O) groups is 1. The van der Waals surface area contributed by atoms with Crippen LogP contribution in [0.3, 0.4) is 0 Å². The van der Waals surface area contributed by atoms with Crippen molar-refractivity contribution in [1.82, 2.24) is 10.2 Å². The summed E-state index contributed by atoms with van der Waals surface area (Å²) in [5.74, 6) is 1.17. The van der Waals surface area contributed by atoms with Gasteiger partial charge in [0, 0.05) is 30.7 Å². The van der Waals surface area contributed by atoms with Crippen molar-refractivity contribution in [2.24, 2.45) is 11.7 Å². The molecule has 1 aromatic rings. The molecule has 2 bridgehead atoms. The van der Waals surface area contributed by atoms with Gasteiger partial charge < -0.3 is 11.1 Å². The van der Waals surface area contributed by atoms with Gasteiger partial charge in [-0.2, -0.15) is 0 Å². The van der Waals surface area contributed by atoms with Gasteiger partial charge in [-0.3, -0.25) is 9.69 Å². The molecule has 2 heterocycles. The molecule has 28 heavy (non-hydrogen) atoms. The molecule has 2 saturated heterocycles. The van der Waals surface area contributed by atoms with Crippen molar-refractivity contribution in [2.75, 3.05) is 19.6 Å². The number of hydrogen-bond donors (Lipinski definition) is 2. The molecule has 4 rings (SSSR count). The Hall–Kier alpha value is -1.39. The summed E-state index contributed by atoms with van der Waals surface area (Å²) in [6.07, 6.45) is 13.6. The molecule has 1 aliphatic carbocycles. The average molecular weight is 384 g/mol. The van der Waals surface area contributed by atoms with Gasteiger partial charge in [-0.25, -0.2) is 0 Å². The van der Waals surface area contributed by atoms with E-state index in [1.807, 2.05) is 18.2 Å². The largest absolute Gasteiger partial charge is 0.366 e. The fraction of sp³-hybridized carbons (Fsp3) is 0.708. The standard InChI is InChI=1S/C24H37N3O/c25-24(28)20-9-4-8-19(14-20)21-15-22-10-5-11-23(16-21)27(22)13-12-26-17-18-6-2-1-3-7-18/h4,8-9,14,18,21-23,26H,1-3,5-7,10-13,15-17H2,(H2,25,28)/t21?,22-,23+. The maximum absolute atomic E-state index is 11.6. The van der Waals surface area contributed by atoms with Crippen LogP contribution in [0.5, 0.6) is 0 Å². The van der Waals surface area contributed by atoms with Crippen molar-refractivity contribution < 1.29 is 4.79 Å². The van der Waals surface area contributed by atoms with E-state index in [-0.39, 0.29) is 5.91 Å². The highest BCUT2D eigenvalue weighted by Gasteiger charge is 2.38. The summed E-state index contributed by atoms with van der Waals surface area (Å²) in [5.41, 5.74) is 7.45. The van der Waals surface area contributed by atoms with Gasteiger partial charge in [0.1, 0.15) is 0 Å². The van der Waals surface area contributed by atoms with Crippen LogP contribution in [0.4, 0.5) is 0 Å². The third kappa shape index (κ3) is 4.77. The topological polar surface area (TPSA) is 58.4 Å². The quantitative estimate of drug-likeness (QED) is 0.698. The fourth-order valence-electron chi connectivity index (χ4n) is 5.97. The van der Waals surface area contributed by atoms with Gasteiger partial charge in [0.05, 0.1) is 0 Å². The first-order valence-electron chi connectivity index (χ1n) is 11.6. The molecule has 4 nitrogen and oxygen atoms in total. The minimum Gasteiger partial charge on any atom is -0.366 e. The van der Waals surface area contributed by atoms with Gasteiger partial charge >= 0.3 is 0 Å². The lowest BCUT2D eigenvalue weighted by atomic mass is 9.75. The summed E-state index contributed by atoms with van der Waals surface area (Å²) in [5, 5.41) is 3.76. The molecule has 3 aliphatic rings. The molecule has 3 atom stereocenters. The zero-order valence-electron chi connectivity index (χ0n) is 17.2. The zero-order valence-corrected chi connectivity index (χ0v) is 17.2. The van der Waals surface area contributed by atoms with Crippen LogP contribution in [0.15, 0.2) is 24.3 Å². The van der Waals surface area contributed by atoms with Crippen molar-refractivity contribution >= 4 is 5.91 Å². The molecule has 1 saturated carbocycles. The first-order chi connectivity index (χ1) is 13.7. The molecule has 0 radical (unpaired) electrons. The number of rotatable bonds is 7. The van der Waals surface area contributed by atoms with Crippen molar-refractivity contribution in [2.45, 2.75) is 82.2 Å². The number of piperidine rings is 2. The Balaban J connectivity index is 1.31. The molecule has 0 aromatic heterocycles. The third-order valence-electron chi connectivity index (χ3n) is 7.47. The average Bonchev–Trinajstić information content (AvgIpc) is 2.71. The Morgan fingerprint density at radius 1 is 1.04 bits per heavy atom. The summed E-state index contributed by atoms with van der Waals surface area (Å²) in [6.45, 7) is 3.53. The number of hydrogen-bond acceptors (Lipinski definition) is 3. The monoisotopic (exact) mass is 383 g/mol. The van der Waals surface area contributed by atoms with Crippen molar-refractivity contribution in [3.05, 3.63) is 35.4 Å². The third-order valence-corrected chi connectivity index (χ3v) is 7.47. The Labute approximate surface area is 170 Å². The molecule has 0 spiro atoms. The number of fused-ring (bicyclic) bond motifs is 2. The van der Waals surface area contributed by atoms with Gasteiger partial charge in [0.25, 0.3) is 0 Å². The van der Waals surface area contributed by atoms with Crippen LogP contribution in [-0.2, 0) is 0 Å². The highest BCUT2D eigenvalue weighted by atomic mass is 16.1. The van der Waals surface area contributed by atoms with Gasteiger partial charge in [0.15, 0.2) is 0 Å². The summed E-state index contributed by atoms with van der Waals surface area (Å²) in [4.78, 5) is 14.3. The van der Waals surface area contributed by atoms with E-state index in [0.29, 0.717) is 23.6 Å². The summed E-state index contributed by atoms with van der Waals surface area (Å²) >= 11 is 0. The Morgan fingerprint density at radius 2 is 1.79 bits per heavy atom. The van der Waals surface area contributed by atoms with Crippen LogP contribution >= 0.6 is 0 Å². The molecule has 3 N–H and O–H groups in total. The number of primary amides is 1. The minimum absolute atomic E-state index is 0.316. The summed E-state index contributed by atoms with van der Waals surface area (Å²) < 4.78 is 0. The van der Waals surface area contributed by atoms with E-state index in [4.69, 9.17) is 5.73 Å². The minimum atomic E-state index is -0.316. The van der Waals surface area contributed by atoms with Crippen LogP contribution in [0.2, 0.25) is 0 Å². The number of nitrogens with one attached hydrogen (secondary N) is 1. The Bertz CT molecular complexity index is 641. The maximum atomic E-state index is 11.6. The Kier molecular flexibility index (Phi) is 6.69. The van der Waals surface area contributed by atoms with E-state index in [1.54, 1.807) is 0 Å². The number of nitrogens with zero attached hydrogens (tertiary/aromatic N) is 1. The predicted octanol–water partition coefficient (Wildman–Crippen LogP) is 4.06. The molecular formula is C24H37N3O. The molecule has 2 aliphatic heterocycles. The first kappa shape index (κ1) is 19.9. The van der Waals surface area contributed by atoms with Crippen LogP contribution in [0.25, 0.3) is 0 Å². The van der Waals surface area contributed by atoms with Gasteiger partial charge in [-0.1, -0.05) is 37.8 Å². The highest BCUT2D eigenvalue weighted by Crippen LogP contribution is 2.41. The SMILES string of the molecule is NC(=O)c1cccc(C2C[C@H]3CCC[C@@H](C2)N3CCNCC2CCCCC2)c1. The predicted molar refractivity (Wildman–Crippen MR) is 115 cm³/mol. The van der Waals surface area contributed by atoms with Gasteiger partial charge in [0.2, 0.25) is 5.91 Å². The van der Waals surface area contributed by atoms with Crippen LogP contribution in [0.1, 0.15) is 86.0 Å². The molecule has 1 amide bonds. The lowest BCUT2D eigenvalue weighted by molar-refractivity contribution is 0.0311. The van der Waals surface area contributed by atoms with Crippen molar-refractivity contribution in [3.63, 3.8) is 0 Å². The van der Waals surface area contributed by atoms with Crippen LogP contribution in [-0.4, -0.2) is 42.5 Å². The van der Waals surface area contributed by atoms with Crippen LogP contribution in [0, 0.1) is 5.92 Å². The van der Waals surface area contributed by atoms with Crippen molar-refractivity contribution in [1.29, 1.82) is 0 Å². The molecule has 3 fully saturated rings. The van der Waals surface area contributed by atoms with E-state index in [9.17, 15) is 4.79 Å². The lowest BCUT2D eigenvalue weighted by Crippen LogP contribution is -2.53. The fourth-order valence-corrected chi connectivity index (χ4v) is 5.97. The maximum Gasteiger partial charge on any atom is 0.248 e. The van der Waals surface area contributed by atoms with E-state index in [0.717, 1.165) is 12.5 Å². The second-order valence-corrected chi connectivity index (χ2v) is 9.34. The second kappa shape index (κ2) is 9.41. The summed E-state index contributed by atoms with van der Waals surface area (Å²) in [7, 11) is 0. The van der Waals surface area contributed by atoms with E-state index < -0.39 is 0 Å². The molecule has 1 unspecified atom stereocenters. The second-order valence-electron chi connectivity index (χ2n) is 9.34. The van der Waals surface area contributed by atoms with Crippen LogP contribution < -0.4 is 11.1 Å². The molecule has 1 aromatic carbocycles. The normalized spacial score (nSPS) is 28.9. The number of benzene rings is 1. The number of amides is 1. The number of nitrogens with two attached hydrogens (primary N) is 1. The van der Waals surface area contributed by atoms with E-state index in [1.165, 1.54) is 82.9 Å². The molecule has 154 valence electrons. The molecular weight excluding hydrogens is 346 g/mol. The smallest absolute Gasteiger partial charge is 0.248 e.